The van der Waals surface area contributed by atoms with Crippen LogP contribution in [0.5, 0.6) is 0 Å². The lowest BCUT2D eigenvalue weighted by Gasteiger charge is -2.18. The van der Waals surface area contributed by atoms with Gasteiger partial charge in [0, 0.05) is 18.3 Å². The van der Waals surface area contributed by atoms with Crippen LogP contribution in [0.1, 0.15) is 12.8 Å². The minimum absolute atomic E-state index is 0.574. The summed E-state index contributed by atoms with van der Waals surface area (Å²) in [5.41, 5.74) is 8.00. The van der Waals surface area contributed by atoms with Crippen molar-refractivity contribution in [2.45, 2.75) is 18.9 Å². The van der Waals surface area contributed by atoms with E-state index in [2.05, 4.69) is 22.2 Å². The summed E-state index contributed by atoms with van der Waals surface area (Å²) in [4.78, 5) is 6.75. The molecule has 0 bridgehead atoms. The third kappa shape index (κ3) is 2.13. The molecule has 18 heavy (non-hydrogen) atoms. The summed E-state index contributed by atoms with van der Waals surface area (Å²) in [5.74, 6) is 0. The summed E-state index contributed by atoms with van der Waals surface area (Å²) in [6.45, 7) is 2.05. The van der Waals surface area contributed by atoms with Crippen LogP contribution in [0, 0.1) is 0 Å². The lowest BCUT2D eigenvalue weighted by atomic mass is 10.2. The Bertz CT molecular complexity index is 551. The predicted molar refractivity (Wildman–Crippen MR) is 72.6 cm³/mol. The normalized spacial score (nSPS) is 20.6. The first-order valence-electron chi connectivity index (χ1n) is 6.32. The number of benzene rings is 1. The van der Waals surface area contributed by atoms with Gasteiger partial charge in [-0.3, -0.25) is 0 Å². The molecule has 1 aromatic heterocycles. The van der Waals surface area contributed by atoms with Crippen molar-refractivity contribution < 1.29 is 4.42 Å². The van der Waals surface area contributed by atoms with Gasteiger partial charge in [0.2, 0.25) is 0 Å². The number of anilines is 2. The van der Waals surface area contributed by atoms with Gasteiger partial charge in [-0.2, -0.15) is 4.98 Å². The molecule has 5 nitrogen and oxygen atoms in total. The molecule has 2 heterocycles. The van der Waals surface area contributed by atoms with Crippen molar-refractivity contribution in [1.82, 2.24) is 9.88 Å². The van der Waals surface area contributed by atoms with Crippen molar-refractivity contribution >= 4 is 22.8 Å². The topological polar surface area (TPSA) is 67.3 Å². The number of rotatable bonds is 3. The Labute approximate surface area is 106 Å². The second kappa shape index (κ2) is 4.49. The molecular weight excluding hydrogens is 228 g/mol. The van der Waals surface area contributed by atoms with E-state index in [1.54, 1.807) is 0 Å². The van der Waals surface area contributed by atoms with E-state index < -0.39 is 0 Å². The van der Waals surface area contributed by atoms with Crippen LogP contribution >= 0.6 is 0 Å². The van der Waals surface area contributed by atoms with E-state index in [-0.39, 0.29) is 0 Å². The van der Waals surface area contributed by atoms with Crippen LogP contribution in [0.3, 0.4) is 0 Å². The molecule has 1 aromatic carbocycles. The highest BCUT2D eigenvalue weighted by molar-refractivity contribution is 5.78. The van der Waals surface area contributed by atoms with Crippen molar-refractivity contribution in [3.05, 3.63) is 18.2 Å². The average Bonchev–Trinajstić information content (AvgIpc) is 2.92. The van der Waals surface area contributed by atoms with Gasteiger partial charge < -0.3 is 20.4 Å². The molecule has 3 rings (SSSR count). The maximum Gasteiger partial charge on any atom is 0.295 e. The Morgan fingerprint density at radius 1 is 1.56 bits per heavy atom. The van der Waals surface area contributed by atoms with Gasteiger partial charge in [-0.1, -0.05) is 0 Å². The molecule has 1 atom stereocenters. The third-order valence-corrected chi connectivity index (χ3v) is 3.57. The summed E-state index contributed by atoms with van der Waals surface area (Å²) in [7, 11) is 2.16. The van der Waals surface area contributed by atoms with Crippen molar-refractivity contribution in [2.24, 2.45) is 0 Å². The largest absolute Gasteiger partial charge is 0.424 e. The number of aromatic nitrogens is 1. The fraction of sp³-hybridized carbons (Fsp3) is 0.462. The molecule has 1 aliphatic rings. The maximum atomic E-state index is 5.72. The van der Waals surface area contributed by atoms with Crippen molar-refractivity contribution in [1.29, 1.82) is 0 Å². The Morgan fingerprint density at radius 2 is 2.44 bits per heavy atom. The van der Waals surface area contributed by atoms with Crippen LogP contribution in [0.15, 0.2) is 22.6 Å². The Morgan fingerprint density at radius 3 is 3.22 bits per heavy atom. The number of likely N-dealkylation sites (N-methyl/N-ethyl adjacent to an activating group) is 1. The van der Waals surface area contributed by atoms with Gasteiger partial charge in [-0.25, -0.2) is 0 Å². The van der Waals surface area contributed by atoms with Crippen LogP contribution in [-0.2, 0) is 0 Å². The molecule has 0 amide bonds. The van der Waals surface area contributed by atoms with Gasteiger partial charge >= 0.3 is 0 Å². The van der Waals surface area contributed by atoms with Gasteiger partial charge in [0.1, 0.15) is 5.52 Å². The molecule has 1 unspecified atom stereocenters. The fourth-order valence-electron chi connectivity index (χ4n) is 2.46. The van der Waals surface area contributed by atoms with E-state index in [9.17, 15) is 0 Å². The van der Waals surface area contributed by atoms with Crippen molar-refractivity contribution in [3.8, 4) is 0 Å². The van der Waals surface area contributed by atoms with Crippen molar-refractivity contribution in [3.63, 3.8) is 0 Å². The Hall–Kier alpha value is -1.75. The molecular formula is C13H18N4O. The Kier molecular flexibility index (Phi) is 2.83. The molecule has 0 radical (unpaired) electrons. The van der Waals surface area contributed by atoms with Gasteiger partial charge in [-0.05, 0) is 44.6 Å². The van der Waals surface area contributed by atoms with E-state index in [4.69, 9.17) is 10.2 Å². The monoisotopic (exact) mass is 246 g/mol. The summed E-state index contributed by atoms with van der Waals surface area (Å²) < 4.78 is 5.62. The molecule has 1 aliphatic heterocycles. The van der Waals surface area contributed by atoms with Crippen LogP contribution in [0.2, 0.25) is 0 Å². The standard InChI is InChI=1S/C13H18N4O/c1-17-6-2-3-10(17)8-15-13-16-11-7-9(14)4-5-12(11)18-13/h4-5,7,10H,2-3,6,8,14H2,1H3,(H,15,16). The van der Waals surface area contributed by atoms with E-state index in [0.717, 1.165) is 17.6 Å². The molecule has 1 saturated heterocycles. The molecule has 1 fully saturated rings. The quantitative estimate of drug-likeness (QED) is 0.810. The van der Waals surface area contributed by atoms with Crippen LogP contribution in [0.4, 0.5) is 11.7 Å². The smallest absolute Gasteiger partial charge is 0.295 e. The molecule has 0 aliphatic carbocycles. The number of nitrogens with two attached hydrogens (primary N) is 1. The van der Waals surface area contributed by atoms with E-state index in [1.165, 1.54) is 19.4 Å². The Balaban J connectivity index is 1.71. The number of nitrogens with one attached hydrogen (secondary N) is 1. The van der Waals surface area contributed by atoms with Gasteiger partial charge in [-0.15, -0.1) is 0 Å². The average molecular weight is 246 g/mol. The highest BCUT2D eigenvalue weighted by Gasteiger charge is 2.20. The molecule has 3 N–H and O–H groups in total. The molecule has 2 aromatic rings. The zero-order valence-electron chi connectivity index (χ0n) is 10.5. The summed E-state index contributed by atoms with van der Waals surface area (Å²) >= 11 is 0. The number of oxazole rings is 1. The SMILES string of the molecule is CN1CCCC1CNc1nc2cc(N)ccc2o1. The van der Waals surface area contributed by atoms with Gasteiger partial charge in [0.25, 0.3) is 6.01 Å². The number of nitrogen functional groups attached to an aromatic ring is 1. The minimum Gasteiger partial charge on any atom is -0.424 e. The van der Waals surface area contributed by atoms with E-state index in [1.807, 2.05) is 18.2 Å². The van der Waals surface area contributed by atoms with Crippen LogP contribution in [0.25, 0.3) is 11.1 Å². The third-order valence-electron chi connectivity index (χ3n) is 3.57. The number of likely N-dealkylation sites (tertiary alicyclic amines) is 1. The maximum absolute atomic E-state index is 5.72. The minimum atomic E-state index is 0.574. The number of fused-ring (bicyclic) bond motifs is 1. The van der Waals surface area contributed by atoms with Crippen LogP contribution < -0.4 is 11.1 Å². The highest BCUT2D eigenvalue weighted by atomic mass is 16.4. The van der Waals surface area contributed by atoms with E-state index in [0.29, 0.717) is 17.7 Å². The lowest BCUT2D eigenvalue weighted by Crippen LogP contribution is -2.31. The number of hydrogen-bond acceptors (Lipinski definition) is 5. The first kappa shape index (κ1) is 11.3. The second-order valence-corrected chi connectivity index (χ2v) is 4.90. The molecule has 0 spiro atoms. The second-order valence-electron chi connectivity index (χ2n) is 4.90. The molecule has 5 heteroatoms. The van der Waals surface area contributed by atoms with Gasteiger partial charge in [0.15, 0.2) is 5.58 Å². The summed E-state index contributed by atoms with van der Waals surface area (Å²) in [5, 5.41) is 3.27. The first-order valence-corrected chi connectivity index (χ1v) is 6.32. The first-order chi connectivity index (χ1) is 8.72. The fourth-order valence-corrected chi connectivity index (χ4v) is 2.46. The summed E-state index contributed by atoms with van der Waals surface area (Å²) in [6.07, 6.45) is 2.50. The van der Waals surface area contributed by atoms with Gasteiger partial charge in [0.05, 0.1) is 0 Å². The number of hydrogen-bond donors (Lipinski definition) is 2. The molecule has 0 saturated carbocycles. The predicted octanol–water partition coefficient (Wildman–Crippen LogP) is 1.92. The van der Waals surface area contributed by atoms with Crippen LogP contribution in [-0.4, -0.2) is 36.1 Å². The zero-order chi connectivity index (χ0) is 12.5. The lowest BCUT2D eigenvalue weighted by molar-refractivity contribution is 0.321. The highest BCUT2D eigenvalue weighted by Crippen LogP contribution is 2.22. The van der Waals surface area contributed by atoms with E-state index >= 15 is 0 Å². The summed E-state index contributed by atoms with van der Waals surface area (Å²) in [6, 6.07) is 6.65. The van der Waals surface area contributed by atoms with Crippen molar-refractivity contribution in [2.75, 3.05) is 31.2 Å². The number of nitrogens with zero attached hydrogens (tertiary/aromatic N) is 2. The molecule has 96 valence electrons. The zero-order valence-corrected chi connectivity index (χ0v) is 10.5.